The van der Waals surface area contributed by atoms with Crippen molar-refractivity contribution >= 4 is 22.6 Å². The lowest BCUT2D eigenvalue weighted by Crippen LogP contribution is -2.29. The molecule has 0 aliphatic rings. The second-order valence-electron chi connectivity index (χ2n) is 6.25. The van der Waals surface area contributed by atoms with E-state index in [0.717, 1.165) is 10.3 Å². The van der Waals surface area contributed by atoms with Crippen LogP contribution in [0, 0.1) is 0 Å². The summed E-state index contributed by atoms with van der Waals surface area (Å²) in [7, 11) is 3.76. The van der Waals surface area contributed by atoms with Crippen molar-refractivity contribution in [1.82, 2.24) is 14.9 Å². The highest BCUT2D eigenvalue weighted by atomic mass is 19.3. The molecule has 0 aliphatic heterocycles. The highest BCUT2D eigenvalue weighted by Gasteiger charge is 2.23. The molecule has 1 heterocycles. The van der Waals surface area contributed by atoms with Gasteiger partial charge in [0.25, 0.3) is 5.91 Å². The summed E-state index contributed by atoms with van der Waals surface area (Å²) in [4.78, 5) is 18.7. The first-order valence-corrected chi connectivity index (χ1v) is 8.21. The van der Waals surface area contributed by atoms with Crippen molar-refractivity contribution in [2.45, 2.75) is 19.5 Å². The molecule has 0 unspecified atom stereocenters. The molecule has 0 saturated heterocycles. The lowest BCUT2D eigenvalue weighted by Gasteiger charge is -2.17. The fraction of sp³-hybridized carbons (Fsp3) is 0.263. The highest BCUT2D eigenvalue weighted by molar-refractivity contribution is 5.95. The van der Waals surface area contributed by atoms with E-state index in [2.05, 4.69) is 10.3 Å². The number of amides is 1. The standard InChI is InChI=1S/C19H20F2N4O/c1-12(22-18(26)13-7-6-8-14(11-13)24(2)3)17-23-15-9-4-5-10-16(15)25(17)19(20)21/h4-12,19H,1-3H3,(H,22,26)/t12-/m0/s1. The number of hydrogen-bond acceptors (Lipinski definition) is 3. The number of rotatable bonds is 5. The molecule has 0 bridgehead atoms. The van der Waals surface area contributed by atoms with Crippen LogP contribution in [0.4, 0.5) is 14.5 Å². The zero-order valence-electron chi connectivity index (χ0n) is 14.8. The molecule has 3 rings (SSSR count). The Bertz CT molecular complexity index is 936. The van der Waals surface area contributed by atoms with E-state index in [-0.39, 0.29) is 11.7 Å². The molecule has 7 heteroatoms. The molecule has 1 aromatic heterocycles. The number of fused-ring (bicyclic) bond motifs is 1. The molecule has 0 radical (unpaired) electrons. The zero-order valence-corrected chi connectivity index (χ0v) is 14.8. The van der Waals surface area contributed by atoms with Crippen molar-refractivity contribution in [3.8, 4) is 0 Å². The fourth-order valence-corrected chi connectivity index (χ4v) is 2.84. The Labute approximate surface area is 150 Å². The van der Waals surface area contributed by atoms with E-state index in [0.29, 0.717) is 16.6 Å². The molecule has 5 nitrogen and oxygen atoms in total. The number of para-hydroxylation sites is 2. The molecule has 136 valence electrons. The van der Waals surface area contributed by atoms with Crippen LogP contribution >= 0.6 is 0 Å². The fourth-order valence-electron chi connectivity index (χ4n) is 2.84. The van der Waals surface area contributed by atoms with Crippen LogP contribution in [0.15, 0.2) is 48.5 Å². The summed E-state index contributed by atoms with van der Waals surface area (Å²) in [5, 5.41) is 2.76. The summed E-state index contributed by atoms with van der Waals surface area (Å²) < 4.78 is 28.0. The van der Waals surface area contributed by atoms with Gasteiger partial charge in [0.05, 0.1) is 17.1 Å². The van der Waals surface area contributed by atoms with Gasteiger partial charge < -0.3 is 10.2 Å². The van der Waals surface area contributed by atoms with E-state index < -0.39 is 12.6 Å². The number of alkyl halides is 2. The molecule has 1 amide bonds. The minimum Gasteiger partial charge on any atom is -0.378 e. The third-order valence-corrected chi connectivity index (χ3v) is 4.18. The van der Waals surface area contributed by atoms with E-state index in [9.17, 15) is 13.6 Å². The summed E-state index contributed by atoms with van der Waals surface area (Å²) in [6.45, 7) is -1.10. The zero-order chi connectivity index (χ0) is 18.8. The van der Waals surface area contributed by atoms with Crippen LogP contribution in [-0.2, 0) is 0 Å². The van der Waals surface area contributed by atoms with Gasteiger partial charge in [-0.3, -0.25) is 9.36 Å². The van der Waals surface area contributed by atoms with Gasteiger partial charge >= 0.3 is 6.55 Å². The largest absolute Gasteiger partial charge is 0.378 e. The van der Waals surface area contributed by atoms with Crippen molar-refractivity contribution in [3.63, 3.8) is 0 Å². The molecule has 0 spiro atoms. The second kappa shape index (κ2) is 7.11. The highest BCUT2D eigenvalue weighted by Crippen LogP contribution is 2.26. The van der Waals surface area contributed by atoms with Crippen LogP contribution < -0.4 is 10.2 Å². The predicted molar refractivity (Wildman–Crippen MR) is 97.6 cm³/mol. The first kappa shape index (κ1) is 17.8. The Kier molecular flexibility index (Phi) is 4.88. The SMILES string of the molecule is C[C@H](NC(=O)c1cccc(N(C)C)c1)c1nc2ccccc2n1C(F)F. The number of carbonyl (C=O) groups is 1. The predicted octanol–water partition coefficient (Wildman–Crippen LogP) is 3.99. The van der Waals surface area contributed by atoms with Gasteiger partial charge in [-0.2, -0.15) is 8.78 Å². The van der Waals surface area contributed by atoms with Crippen molar-refractivity contribution in [2.24, 2.45) is 0 Å². The second-order valence-corrected chi connectivity index (χ2v) is 6.25. The Morgan fingerprint density at radius 3 is 2.58 bits per heavy atom. The Balaban J connectivity index is 1.89. The number of aromatic nitrogens is 2. The van der Waals surface area contributed by atoms with Gasteiger partial charge in [-0.1, -0.05) is 18.2 Å². The number of nitrogens with zero attached hydrogens (tertiary/aromatic N) is 3. The van der Waals surface area contributed by atoms with Gasteiger partial charge in [-0.25, -0.2) is 4.98 Å². The smallest absolute Gasteiger partial charge is 0.320 e. The lowest BCUT2D eigenvalue weighted by molar-refractivity contribution is 0.0688. The Morgan fingerprint density at radius 1 is 1.15 bits per heavy atom. The third-order valence-electron chi connectivity index (χ3n) is 4.18. The van der Waals surface area contributed by atoms with E-state index in [4.69, 9.17) is 0 Å². The van der Waals surface area contributed by atoms with Gasteiger partial charge in [-0.05, 0) is 37.3 Å². The number of imidazole rings is 1. The van der Waals surface area contributed by atoms with E-state index in [1.165, 1.54) is 0 Å². The summed E-state index contributed by atoms with van der Waals surface area (Å²) >= 11 is 0. The number of carbonyl (C=O) groups excluding carboxylic acids is 1. The van der Waals surface area contributed by atoms with Gasteiger partial charge in [0.2, 0.25) is 0 Å². The molecule has 3 aromatic rings. The van der Waals surface area contributed by atoms with E-state index >= 15 is 0 Å². The van der Waals surface area contributed by atoms with Gasteiger partial charge in [0, 0.05) is 25.3 Å². The topological polar surface area (TPSA) is 50.2 Å². The monoisotopic (exact) mass is 358 g/mol. The lowest BCUT2D eigenvalue weighted by atomic mass is 10.1. The number of halogens is 2. The minimum absolute atomic E-state index is 0.123. The average Bonchev–Trinajstić information content (AvgIpc) is 3.01. The van der Waals surface area contributed by atoms with Crippen LogP contribution in [0.5, 0.6) is 0 Å². The maximum absolute atomic E-state index is 13.6. The maximum Gasteiger partial charge on any atom is 0.320 e. The molecule has 0 aliphatic carbocycles. The van der Waals surface area contributed by atoms with E-state index in [1.54, 1.807) is 49.4 Å². The van der Waals surface area contributed by atoms with Crippen LogP contribution in [0.25, 0.3) is 11.0 Å². The molecule has 26 heavy (non-hydrogen) atoms. The van der Waals surface area contributed by atoms with Crippen molar-refractivity contribution in [2.75, 3.05) is 19.0 Å². The normalized spacial score (nSPS) is 12.4. The molecule has 1 atom stereocenters. The Morgan fingerprint density at radius 2 is 1.88 bits per heavy atom. The van der Waals surface area contributed by atoms with Gasteiger partial charge in [0.1, 0.15) is 5.82 Å². The number of hydrogen-bond donors (Lipinski definition) is 1. The third kappa shape index (κ3) is 3.37. The van der Waals surface area contributed by atoms with Crippen molar-refractivity contribution in [3.05, 3.63) is 59.9 Å². The van der Waals surface area contributed by atoms with Crippen LogP contribution in [-0.4, -0.2) is 29.6 Å². The summed E-state index contributed by atoms with van der Waals surface area (Å²) in [5.41, 5.74) is 2.15. The van der Waals surface area contributed by atoms with Crippen molar-refractivity contribution in [1.29, 1.82) is 0 Å². The summed E-state index contributed by atoms with van der Waals surface area (Å²) in [6.07, 6.45) is 0. The first-order valence-electron chi connectivity index (χ1n) is 8.21. The van der Waals surface area contributed by atoms with Crippen LogP contribution in [0.3, 0.4) is 0 Å². The quantitative estimate of drug-likeness (QED) is 0.750. The molecular weight excluding hydrogens is 338 g/mol. The minimum atomic E-state index is -2.74. The summed E-state index contributed by atoms with van der Waals surface area (Å²) in [5.74, 6) is -0.215. The number of anilines is 1. The maximum atomic E-state index is 13.6. The molecule has 0 fully saturated rings. The molecule has 2 aromatic carbocycles. The number of benzene rings is 2. The number of nitrogens with one attached hydrogen (secondary N) is 1. The molecular formula is C19H20F2N4O. The molecule has 1 N–H and O–H groups in total. The Hall–Kier alpha value is -2.96. The summed E-state index contributed by atoms with van der Waals surface area (Å²) in [6, 6.07) is 13.1. The van der Waals surface area contributed by atoms with E-state index in [1.807, 2.05) is 25.1 Å². The van der Waals surface area contributed by atoms with Gasteiger partial charge in [0.15, 0.2) is 0 Å². The van der Waals surface area contributed by atoms with Gasteiger partial charge in [-0.15, -0.1) is 0 Å². The molecule has 0 saturated carbocycles. The average molecular weight is 358 g/mol. The van der Waals surface area contributed by atoms with Crippen molar-refractivity contribution < 1.29 is 13.6 Å². The van der Waals surface area contributed by atoms with Crippen LogP contribution in [0.2, 0.25) is 0 Å². The first-order chi connectivity index (χ1) is 12.4. The van der Waals surface area contributed by atoms with Crippen LogP contribution in [0.1, 0.15) is 35.7 Å².